The predicted octanol–water partition coefficient (Wildman–Crippen LogP) is 0.404. The van der Waals surface area contributed by atoms with Crippen molar-refractivity contribution in [3.63, 3.8) is 0 Å². The van der Waals surface area contributed by atoms with Crippen molar-refractivity contribution in [2.45, 2.75) is 19.9 Å². The third kappa shape index (κ3) is 1.31. The summed E-state index contributed by atoms with van der Waals surface area (Å²) in [7, 11) is 4.22. The van der Waals surface area contributed by atoms with E-state index in [-0.39, 0.29) is 0 Å². The molecule has 0 atom stereocenters. The van der Waals surface area contributed by atoms with Crippen LogP contribution < -0.4 is 0 Å². The minimum absolute atomic E-state index is 0.620. The number of nitrogens with zero attached hydrogens (tertiary/aromatic N) is 3. The highest BCUT2D eigenvalue weighted by Crippen LogP contribution is 2.10. The highest BCUT2D eigenvalue weighted by Gasteiger charge is 2.24. The molecule has 0 aromatic carbocycles. The van der Waals surface area contributed by atoms with Crippen molar-refractivity contribution in [1.82, 2.24) is 15.1 Å². The van der Waals surface area contributed by atoms with Gasteiger partial charge in [-0.25, -0.2) is 10.0 Å². The lowest BCUT2D eigenvalue weighted by molar-refractivity contribution is -0.0997. The Morgan fingerprint density at radius 3 is 1.90 bits per heavy atom. The monoisotopic (exact) mass is 143 g/mol. The van der Waals surface area contributed by atoms with Gasteiger partial charge < -0.3 is 0 Å². The molecule has 0 radical (unpaired) electrons. The molecule has 0 amide bonds. The molecule has 3 nitrogen and oxygen atoms in total. The summed E-state index contributed by atoms with van der Waals surface area (Å²) < 4.78 is 0. The van der Waals surface area contributed by atoms with Crippen LogP contribution >= 0.6 is 0 Å². The molecule has 3 heteroatoms. The van der Waals surface area contributed by atoms with Crippen LogP contribution in [0, 0.1) is 0 Å². The van der Waals surface area contributed by atoms with Crippen molar-refractivity contribution in [3.8, 4) is 0 Å². The maximum absolute atomic E-state index is 2.35. The van der Waals surface area contributed by atoms with E-state index in [1.165, 1.54) is 0 Å². The van der Waals surface area contributed by atoms with Crippen LogP contribution in [0.1, 0.15) is 13.8 Å². The smallest absolute Gasteiger partial charge is 0.0291 e. The summed E-state index contributed by atoms with van der Waals surface area (Å²) in [6, 6.07) is 0.620. The summed E-state index contributed by atoms with van der Waals surface area (Å²) in [6.07, 6.45) is 0. The number of likely N-dealkylation sites (N-methyl/N-ethyl adjacent to an activating group) is 1. The Morgan fingerprint density at radius 2 is 1.70 bits per heavy atom. The van der Waals surface area contributed by atoms with Crippen LogP contribution in [-0.2, 0) is 0 Å². The molecule has 0 aliphatic carbocycles. The van der Waals surface area contributed by atoms with Gasteiger partial charge in [0, 0.05) is 33.2 Å². The Hall–Kier alpha value is -0.120. The molecule has 0 spiro atoms. The van der Waals surface area contributed by atoms with Gasteiger partial charge in [0.25, 0.3) is 0 Å². The normalized spacial score (nSPS) is 24.9. The molecule has 0 aromatic rings. The van der Waals surface area contributed by atoms with Crippen LogP contribution in [0.3, 0.4) is 0 Å². The van der Waals surface area contributed by atoms with Gasteiger partial charge in [0.1, 0.15) is 0 Å². The van der Waals surface area contributed by atoms with E-state index in [0.717, 1.165) is 13.1 Å². The molecule has 60 valence electrons. The Kier molecular flexibility index (Phi) is 2.28. The largest absolute Gasteiger partial charge is 0.230 e. The summed E-state index contributed by atoms with van der Waals surface area (Å²) >= 11 is 0. The summed E-state index contributed by atoms with van der Waals surface area (Å²) in [5.41, 5.74) is 0. The van der Waals surface area contributed by atoms with Gasteiger partial charge in [-0.15, -0.1) is 0 Å². The van der Waals surface area contributed by atoms with Gasteiger partial charge in [-0.1, -0.05) is 0 Å². The second-order valence-corrected chi connectivity index (χ2v) is 3.13. The molecule has 1 rings (SSSR count). The van der Waals surface area contributed by atoms with E-state index in [4.69, 9.17) is 0 Å². The van der Waals surface area contributed by atoms with Gasteiger partial charge in [-0.05, 0) is 13.8 Å². The van der Waals surface area contributed by atoms with Gasteiger partial charge in [0.2, 0.25) is 0 Å². The fourth-order valence-electron chi connectivity index (χ4n) is 1.33. The fourth-order valence-corrected chi connectivity index (χ4v) is 1.33. The van der Waals surface area contributed by atoms with E-state index in [0.29, 0.717) is 6.04 Å². The summed E-state index contributed by atoms with van der Waals surface area (Å²) in [4.78, 5) is 0. The van der Waals surface area contributed by atoms with Gasteiger partial charge >= 0.3 is 0 Å². The van der Waals surface area contributed by atoms with Crippen LogP contribution in [0.15, 0.2) is 0 Å². The molecule has 0 N–H and O–H groups in total. The third-order valence-electron chi connectivity index (χ3n) is 2.11. The molecular weight excluding hydrogens is 126 g/mol. The van der Waals surface area contributed by atoms with E-state index in [2.05, 4.69) is 43.1 Å². The first-order valence-electron chi connectivity index (χ1n) is 3.84. The molecule has 10 heavy (non-hydrogen) atoms. The first-order valence-corrected chi connectivity index (χ1v) is 3.84. The average molecular weight is 143 g/mol. The van der Waals surface area contributed by atoms with Gasteiger partial charge in [-0.3, -0.25) is 0 Å². The maximum Gasteiger partial charge on any atom is 0.0291 e. The van der Waals surface area contributed by atoms with Crippen molar-refractivity contribution in [1.29, 1.82) is 0 Å². The van der Waals surface area contributed by atoms with Crippen molar-refractivity contribution >= 4 is 0 Å². The molecule has 1 aliphatic heterocycles. The molecule has 1 saturated heterocycles. The second kappa shape index (κ2) is 2.86. The highest BCUT2D eigenvalue weighted by atomic mass is 15.9. The SMILES string of the molecule is CC(C)N1CCN(C)N1C. The molecule has 0 bridgehead atoms. The standard InChI is InChI=1S/C7H17N3/c1-7(2)10-6-5-8(3)9(10)4/h7H,5-6H2,1-4H3. The Balaban J connectivity index is 2.49. The molecule has 0 saturated carbocycles. The Morgan fingerprint density at radius 1 is 1.10 bits per heavy atom. The minimum atomic E-state index is 0.620. The molecule has 1 heterocycles. The number of hydrogen-bond donors (Lipinski definition) is 0. The van der Waals surface area contributed by atoms with Crippen molar-refractivity contribution < 1.29 is 0 Å². The molecule has 0 aromatic heterocycles. The third-order valence-corrected chi connectivity index (χ3v) is 2.11. The molecule has 0 unspecified atom stereocenters. The first kappa shape index (κ1) is 7.98. The zero-order valence-electron chi connectivity index (χ0n) is 7.33. The number of hydrazine groups is 2. The van der Waals surface area contributed by atoms with Crippen LogP contribution in [0.4, 0.5) is 0 Å². The molecule has 1 aliphatic rings. The summed E-state index contributed by atoms with van der Waals surface area (Å²) in [5.74, 6) is 0. The quantitative estimate of drug-likeness (QED) is 0.526. The second-order valence-electron chi connectivity index (χ2n) is 3.13. The maximum atomic E-state index is 2.35. The first-order chi connectivity index (χ1) is 4.63. The molecule has 1 fully saturated rings. The topological polar surface area (TPSA) is 9.72 Å². The van der Waals surface area contributed by atoms with Crippen LogP contribution in [-0.4, -0.2) is 48.4 Å². The average Bonchev–Trinajstić information content (AvgIpc) is 2.14. The van der Waals surface area contributed by atoms with E-state index in [1.54, 1.807) is 0 Å². The van der Waals surface area contributed by atoms with Crippen molar-refractivity contribution in [2.75, 3.05) is 27.2 Å². The lowest BCUT2D eigenvalue weighted by atomic mass is 10.4. The number of rotatable bonds is 1. The van der Waals surface area contributed by atoms with Crippen molar-refractivity contribution in [3.05, 3.63) is 0 Å². The van der Waals surface area contributed by atoms with Crippen LogP contribution in [0.2, 0.25) is 0 Å². The lowest BCUT2D eigenvalue weighted by Gasteiger charge is -2.30. The zero-order chi connectivity index (χ0) is 7.72. The highest BCUT2D eigenvalue weighted by molar-refractivity contribution is 4.65. The summed E-state index contributed by atoms with van der Waals surface area (Å²) in [6.45, 7) is 6.74. The summed E-state index contributed by atoms with van der Waals surface area (Å²) in [5, 5.41) is 6.75. The van der Waals surface area contributed by atoms with E-state index in [9.17, 15) is 0 Å². The fraction of sp³-hybridized carbons (Fsp3) is 1.00. The van der Waals surface area contributed by atoms with Gasteiger partial charge in [0.05, 0.1) is 0 Å². The zero-order valence-corrected chi connectivity index (χ0v) is 7.33. The minimum Gasteiger partial charge on any atom is -0.230 e. The molecular formula is C7H17N3. The Labute approximate surface area is 63.1 Å². The van der Waals surface area contributed by atoms with E-state index < -0.39 is 0 Å². The van der Waals surface area contributed by atoms with Crippen molar-refractivity contribution in [2.24, 2.45) is 0 Å². The van der Waals surface area contributed by atoms with Crippen LogP contribution in [0.5, 0.6) is 0 Å². The Bertz CT molecular complexity index is 113. The van der Waals surface area contributed by atoms with Gasteiger partial charge in [-0.2, -0.15) is 5.12 Å². The van der Waals surface area contributed by atoms with E-state index in [1.807, 2.05) is 0 Å². The van der Waals surface area contributed by atoms with E-state index >= 15 is 0 Å². The van der Waals surface area contributed by atoms with Crippen LogP contribution in [0.25, 0.3) is 0 Å². The predicted molar refractivity (Wildman–Crippen MR) is 42.2 cm³/mol. The van der Waals surface area contributed by atoms with Gasteiger partial charge in [0.15, 0.2) is 0 Å². The lowest BCUT2D eigenvalue weighted by Crippen LogP contribution is -2.43. The number of hydrogen-bond acceptors (Lipinski definition) is 3.